The molecule has 2 N–H and O–H groups in total. The Kier molecular flexibility index (Phi) is 2.98. The zero-order valence-electron chi connectivity index (χ0n) is 8.76. The van der Waals surface area contributed by atoms with Crippen molar-refractivity contribution in [1.82, 2.24) is 0 Å². The van der Waals surface area contributed by atoms with Crippen LogP contribution in [0.15, 0.2) is 18.2 Å². The molecule has 0 saturated heterocycles. The lowest BCUT2D eigenvalue weighted by atomic mass is 9.81. The Bertz CT molecular complexity index is 378. The molecule has 0 spiro atoms. The molecule has 0 heterocycles. The molecule has 15 heavy (non-hydrogen) atoms. The summed E-state index contributed by atoms with van der Waals surface area (Å²) >= 11 is 12.2. The first-order valence-electron chi connectivity index (χ1n) is 5.22. The molecule has 0 amide bonds. The molecule has 0 aromatic heterocycles. The number of nitrogens with two attached hydrogens (primary N) is 1. The second-order valence-electron chi connectivity index (χ2n) is 4.69. The van der Waals surface area contributed by atoms with Crippen LogP contribution in [-0.2, 0) is 5.41 Å². The Morgan fingerprint density at radius 3 is 2.73 bits per heavy atom. The summed E-state index contributed by atoms with van der Waals surface area (Å²) in [4.78, 5) is 0. The van der Waals surface area contributed by atoms with Crippen LogP contribution >= 0.6 is 23.2 Å². The van der Waals surface area contributed by atoms with Crippen molar-refractivity contribution in [2.24, 2.45) is 5.73 Å². The van der Waals surface area contributed by atoms with Gasteiger partial charge in [0, 0.05) is 16.1 Å². The molecule has 1 fully saturated rings. The minimum atomic E-state index is 0.0986. The molecule has 2 atom stereocenters. The summed E-state index contributed by atoms with van der Waals surface area (Å²) in [7, 11) is 0. The van der Waals surface area contributed by atoms with Crippen molar-refractivity contribution in [3.8, 4) is 0 Å². The highest BCUT2D eigenvalue weighted by Gasteiger charge is 2.36. The predicted molar refractivity (Wildman–Crippen MR) is 65.6 cm³/mol. The molecule has 1 aromatic rings. The zero-order chi connectivity index (χ0) is 11.1. The van der Waals surface area contributed by atoms with Crippen molar-refractivity contribution < 1.29 is 0 Å². The molecule has 1 saturated carbocycles. The minimum Gasteiger partial charge on any atom is -0.328 e. The Morgan fingerprint density at radius 1 is 1.40 bits per heavy atom. The van der Waals surface area contributed by atoms with Crippen LogP contribution < -0.4 is 5.73 Å². The van der Waals surface area contributed by atoms with Crippen molar-refractivity contribution >= 4 is 23.2 Å². The summed E-state index contributed by atoms with van der Waals surface area (Å²) in [5.41, 5.74) is 7.20. The summed E-state index contributed by atoms with van der Waals surface area (Å²) in [5, 5.41) is 1.55. The number of halogens is 2. The first kappa shape index (κ1) is 11.3. The average molecular weight is 244 g/mol. The first-order chi connectivity index (χ1) is 7.01. The SMILES string of the molecule is CC1(c2cc(Cl)ccc2Cl)CCC(N)C1. The van der Waals surface area contributed by atoms with E-state index in [4.69, 9.17) is 28.9 Å². The van der Waals surface area contributed by atoms with E-state index in [-0.39, 0.29) is 5.41 Å². The van der Waals surface area contributed by atoms with E-state index in [0.717, 1.165) is 34.9 Å². The van der Waals surface area contributed by atoms with Crippen LogP contribution in [0.5, 0.6) is 0 Å². The number of hydrogen-bond donors (Lipinski definition) is 1. The molecule has 0 bridgehead atoms. The third-order valence-corrected chi connectivity index (χ3v) is 3.92. The van der Waals surface area contributed by atoms with Crippen molar-refractivity contribution in [1.29, 1.82) is 0 Å². The lowest BCUT2D eigenvalue weighted by Crippen LogP contribution is -2.22. The molecule has 1 aliphatic carbocycles. The maximum atomic E-state index is 6.21. The highest BCUT2D eigenvalue weighted by Crippen LogP contribution is 2.43. The minimum absolute atomic E-state index is 0.0986. The molecule has 82 valence electrons. The standard InChI is InChI=1S/C12H15Cl2N/c1-12(5-4-9(15)7-12)10-6-8(13)2-3-11(10)14/h2-3,6,9H,4-5,7,15H2,1H3. The van der Waals surface area contributed by atoms with Gasteiger partial charge in [0.25, 0.3) is 0 Å². The second kappa shape index (κ2) is 3.97. The first-order valence-corrected chi connectivity index (χ1v) is 5.98. The molecule has 1 aliphatic rings. The van der Waals surface area contributed by atoms with Gasteiger partial charge in [-0.05, 0) is 48.4 Å². The molecule has 2 unspecified atom stereocenters. The fourth-order valence-corrected chi connectivity index (χ4v) is 3.01. The Labute approximate surface area is 101 Å². The summed E-state index contributed by atoms with van der Waals surface area (Å²) in [6.45, 7) is 2.22. The van der Waals surface area contributed by atoms with E-state index in [1.165, 1.54) is 0 Å². The van der Waals surface area contributed by atoms with E-state index in [9.17, 15) is 0 Å². The van der Waals surface area contributed by atoms with Crippen molar-refractivity contribution in [3.05, 3.63) is 33.8 Å². The normalized spacial score (nSPS) is 30.8. The molecule has 3 heteroatoms. The van der Waals surface area contributed by atoms with Crippen LogP contribution in [0.1, 0.15) is 31.7 Å². The lowest BCUT2D eigenvalue weighted by molar-refractivity contribution is 0.482. The van der Waals surface area contributed by atoms with Gasteiger partial charge in [-0.3, -0.25) is 0 Å². The van der Waals surface area contributed by atoms with Crippen LogP contribution in [0.25, 0.3) is 0 Å². The van der Waals surface area contributed by atoms with Crippen LogP contribution in [0.4, 0.5) is 0 Å². The number of hydrogen-bond acceptors (Lipinski definition) is 1. The van der Waals surface area contributed by atoms with Crippen molar-refractivity contribution in [3.63, 3.8) is 0 Å². The molecular formula is C12H15Cl2N. The van der Waals surface area contributed by atoms with Gasteiger partial charge >= 0.3 is 0 Å². The Morgan fingerprint density at radius 2 is 2.13 bits per heavy atom. The van der Waals surface area contributed by atoms with E-state index in [0.29, 0.717) is 6.04 Å². The lowest BCUT2D eigenvalue weighted by Gasteiger charge is -2.25. The third-order valence-electron chi connectivity index (χ3n) is 3.36. The van der Waals surface area contributed by atoms with Gasteiger partial charge in [-0.25, -0.2) is 0 Å². The monoisotopic (exact) mass is 243 g/mol. The Hall–Kier alpha value is -0.240. The van der Waals surface area contributed by atoms with Gasteiger partial charge in [-0.1, -0.05) is 30.1 Å². The van der Waals surface area contributed by atoms with E-state index < -0.39 is 0 Å². The summed E-state index contributed by atoms with van der Waals surface area (Å²) in [6.07, 6.45) is 3.15. The summed E-state index contributed by atoms with van der Waals surface area (Å²) in [5.74, 6) is 0. The maximum Gasteiger partial charge on any atom is 0.0444 e. The molecule has 0 aliphatic heterocycles. The van der Waals surface area contributed by atoms with Gasteiger partial charge in [0.15, 0.2) is 0 Å². The van der Waals surface area contributed by atoms with Gasteiger partial charge in [-0.15, -0.1) is 0 Å². The van der Waals surface area contributed by atoms with Crippen molar-refractivity contribution in [2.75, 3.05) is 0 Å². The van der Waals surface area contributed by atoms with Crippen LogP contribution in [0.3, 0.4) is 0 Å². The molecule has 2 rings (SSSR count). The fraction of sp³-hybridized carbons (Fsp3) is 0.500. The van der Waals surface area contributed by atoms with Crippen LogP contribution in [0, 0.1) is 0 Å². The fourth-order valence-electron chi connectivity index (χ4n) is 2.49. The molecule has 0 radical (unpaired) electrons. The van der Waals surface area contributed by atoms with Gasteiger partial charge in [0.1, 0.15) is 0 Å². The van der Waals surface area contributed by atoms with E-state index in [1.54, 1.807) is 0 Å². The maximum absolute atomic E-state index is 6.21. The van der Waals surface area contributed by atoms with Crippen LogP contribution in [0.2, 0.25) is 10.0 Å². The summed E-state index contributed by atoms with van der Waals surface area (Å²) < 4.78 is 0. The smallest absolute Gasteiger partial charge is 0.0444 e. The summed E-state index contributed by atoms with van der Waals surface area (Å²) in [6, 6.07) is 5.96. The molecular weight excluding hydrogens is 229 g/mol. The zero-order valence-corrected chi connectivity index (χ0v) is 10.3. The third kappa shape index (κ3) is 2.15. The van der Waals surface area contributed by atoms with E-state index in [2.05, 4.69) is 6.92 Å². The average Bonchev–Trinajstić information content (AvgIpc) is 2.52. The predicted octanol–water partition coefficient (Wildman–Crippen LogP) is 3.76. The largest absolute Gasteiger partial charge is 0.328 e. The quantitative estimate of drug-likeness (QED) is 0.799. The van der Waals surface area contributed by atoms with E-state index >= 15 is 0 Å². The second-order valence-corrected chi connectivity index (χ2v) is 5.53. The van der Waals surface area contributed by atoms with Gasteiger partial charge in [0.2, 0.25) is 0 Å². The molecule has 1 nitrogen and oxygen atoms in total. The van der Waals surface area contributed by atoms with Crippen molar-refractivity contribution in [2.45, 2.75) is 37.6 Å². The van der Waals surface area contributed by atoms with Crippen LogP contribution in [-0.4, -0.2) is 6.04 Å². The highest BCUT2D eigenvalue weighted by atomic mass is 35.5. The van der Waals surface area contributed by atoms with Gasteiger partial charge in [-0.2, -0.15) is 0 Å². The topological polar surface area (TPSA) is 26.0 Å². The van der Waals surface area contributed by atoms with Gasteiger partial charge in [0.05, 0.1) is 0 Å². The number of rotatable bonds is 1. The Balaban J connectivity index is 2.40. The molecule has 1 aromatic carbocycles. The van der Waals surface area contributed by atoms with Gasteiger partial charge < -0.3 is 5.73 Å². The highest BCUT2D eigenvalue weighted by molar-refractivity contribution is 6.33. The number of benzene rings is 1. The van der Waals surface area contributed by atoms with E-state index in [1.807, 2.05) is 18.2 Å².